The summed E-state index contributed by atoms with van der Waals surface area (Å²) < 4.78 is 0. The van der Waals surface area contributed by atoms with Crippen LogP contribution >= 0.6 is 58.0 Å². The highest BCUT2D eigenvalue weighted by Crippen LogP contribution is 2.47. The van der Waals surface area contributed by atoms with Gasteiger partial charge in [-0.05, 0) is 19.6 Å². The third-order valence-electron chi connectivity index (χ3n) is 2.53. The van der Waals surface area contributed by atoms with E-state index >= 15 is 0 Å². The number of rotatable bonds is 3. The molecule has 110 valence electrons. The van der Waals surface area contributed by atoms with E-state index in [1.807, 2.05) is 0 Å². The van der Waals surface area contributed by atoms with Crippen molar-refractivity contribution in [2.24, 2.45) is 0 Å². The third-order valence-corrected chi connectivity index (χ3v) is 4.79. The fraction of sp³-hybridized carbons (Fsp3) is 0.500. The zero-order valence-electron chi connectivity index (χ0n) is 10.9. The SMILES string of the molecule is CCN(CC)CC.Oc1c(Cl)c(Cl)c(Cl)c(Cl)c1Cl. The predicted octanol–water partition coefficient (Wildman–Crippen LogP) is 6.01. The lowest BCUT2D eigenvalue weighted by Crippen LogP contribution is -2.21. The lowest BCUT2D eigenvalue weighted by atomic mass is 10.3. The summed E-state index contributed by atoms with van der Waals surface area (Å²) in [6, 6.07) is 0. The van der Waals surface area contributed by atoms with Crippen LogP contribution in [0.3, 0.4) is 0 Å². The molecule has 0 aromatic heterocycles. The molecule has 1 aromatic rings. The van der Waals surface area contributed by atoms with E-state index in [0.29, 0.717) is 0 Å². The Balaban J connectivity index is 0.000000399. The highest BCUT2D eigenvalue weighted by atomic mass is 35.5. The number of hydrogen-bond acceptors (Lipinski definition) is 2. The molecule has 1 rings (SSSR count). The van der Waals surface area contributed by atoms with E-state index in [1.54, 1.807) is 0 Å². The van der Waals surface area contributed by atoms with Crippen molar-refractivity contribution in [3.05, 3.63) is 25.1 Å². The summed E-state index contributed by atoms with van der Waals surface area (Å²) in [6.45, 7) is 10.1. The summed E-state index contributed by atoms with van der Waals surface area (Å²) in [4.78, 5) is 2.38. The van der Waals surface area contributed by atoms with Gasteiger partial charge in [-0.2, -0.15) is 0 Å². The van der Waals surface area contributed by atoms with Gasteiger partial charge in [0, 0.05) is 0 Å². The van der Waals surface area contributed by atoms with Crippen LogP contribution in [0.4, 0.5) is 0 Å². The molecule has 1 N–H and O–H groups in total. The minimum Gasteiger partial charge on any atom is -0.505 e. The Morgan fingerprint density at radius 2 is 0.947 bits per heavy atom. The van der Waals surface area contributed by atoms with Gasteiger partial charge in [0.25, 0.3) is 0 Å². The number of benzene rings is 1. The molecule has 0 aliphatic heterocycles. The molecule has 0 aliphatic rings. The Bertz CT molecular complexity index is 311. The van der Waals surface area contributed by atoms with E-state index in [0.717, 1.165) is 0 Å². The summed E-state index contributed by atoms with van der Waals surface area (Å²) in [7, 11) is 0. The Labute approximate surface area is 139 Å². The minimum absolute atomic E-state index is 0.00904. The number of hydrogen-bond donors (Lipinski definition) is 1. The van der Waals surface area contributed by atoms with Crippen LogP contribution in [0.1, 0.15) is 20.8 Å². The van der Waals surface area contributed by atoms with Crippen LogP contribution in [0.25, 0.3) is 0 Å². The number of halogens is 5. The van der Waals surface area contributed by atoms with Gasteiger partial charge in [-0.25, -0.2) is 0 Å². The van der Waals surface area contributed by atoms with Crippen molar-refractivity contribution in [2.45, 2.75) is 20.8 Å². The van der Waals surface area contributed by atoms with Crippen LogP contribution < -0.4 is 0 Å². The van der Waals surface area contributed by atoms with Crippen LogP contribution in [0.15, 0.2) is 0 Å². The van der Waals surface area contributed by atoms with Crippen molar-refractivity contribution in [3.8, 4) is 5.75 Å². The molecule has 0 amide bonds. The molecule has 2 nitrogen and oxygen atoms in total. The first-order chi connectivity index (χ1) is 8.81. The van der Waals surface area contributed by atoms with Crippen LogP contribution in [0.5, 0.6) is 5.75 Å². The fourth-order valence-electron chi connectivity index (χ4n) is 1.26. The number of nitrogens with zero attached hydrogens (tertiary/aromatic N) is 1. The lowest BCUT2D eigenvalue weighted by molar-refractivity contribution is 0.321. The van der Waals surface area contributed by atoms with E-state index < -0.39 is 0 Å². The van der Waals surface area contributed by atoms with Crippen molar-refractivity contribution in [1.82, 2.24) is 4.90 Å². The molecule has 0 fully saturated rings. The maximum Gasteiger partial charge on any atom is 0.155 e. The molecule has 0 spiro atoms. The maximum absolute atomic E-state index is 9.20. The topological polar surface area (TPSA) is 23.5 Å². The highest BCUT2D eigenvalue weighted by molar-refractivity contribution is 6.55. The molecule has 0 saturated heterocycles. The standard InChI is InChI=1S/C6HCl5O.C6H15N/c7-1-2(8)4(10)6(12)5(11)3(1)9;1-4-7(5-2)6-3/h12H;4-6H2,1-3H3. The number of phenolic OH excluding ortho intramolecular Hbond substituents is 1. The minimum atomic E-state index is -0.363. The molecule has 7 heteroatoms. The molecule has 0 aliphatic carbocycles. The molecule has 0 saturated carbocycles. The molecular formula is C12H16Cl5NO. The van der Waals surface area contributed by atoms with E-state index in [-0.39, 0.29) is 30.9 Å². The van der Waals surface area contributed by atoms with Gasteiger partial charge in [0.2, 0.25) is 0 Å². The monoisotopic (exact) mass is 365 g/mol. The Kier molecular flexibility index (Phi) is 9.59. The zero-order chi connectivity index (χ0) is 15.2. The van der Waals surface area contributed by atoms with Gasteiger partial charge < -0.3 is 10.0 Å². The van der Waals surface area contributed by atoms with Crippen LogP contribution in [-0.4, -0.2) is 29.6 Å². The second-order valence-corrected chi connectivity index (χ2v) is 5.43. The Hall–Kier alpha value is 0.430. The van der Waals surface area contributed by atoms with Gasteiger partial charge in [0.15, 0.2) is 5.75 Å². The number of phenols is 1. The first-order valence-corrected chi connectivity index (χ1v) is 7.63. The highest BCUT2D eigenvalue weighted by Gasteiger charge is 2.18. The van der Waals surface area contributed by atoms with Crippen molar-refractivity contribution < 1.29 is 5.11 Å². The molecule has 0 atom stereocenters. The lowest BCUT2D eigenvalue weighted by Gasteiger charge is -2.13. The predicted molar refractivity (Wildman–Crippen MR) is 86.6 cm³/mol. The van der Waals surface area contributed by atoms with Crippen molar-refractivity contribution in [2.75, 3.05) is 19.6 Å². The second kappa shape index (κ2) is 9.38. The quantitative estimate of drug-likeness (QED) is 0.522. The van der Waals surface area contributed by atoms with Crippen molar-refractivity contribution >= 4 is 58.0 Å². The molecular weight excluding hydrogens is 351 g/mol. The average Bonchev–Trinajstić information content (AvgIpc) is 2.43. The molecule has 19 heavy (non-hydrogen) atoms. The van der Waals surface area contributed by atoms with Crippen molar-refractivity contribution in [3.63, 3.8) is 0 Å². The van der Waals surface area contributed by atoms with Crippen LogP contribution in [0, 0.1) is 0 Å². The summed E-state index contributed by atoms with van der Waals surface area (Å²) in [5.41, 5.74) is 0. The second-order valence-electron chi connectivity index (χ2n) is 3.54. The van der Waals surface area contributed by atoms with Gasteiger partial charge in [-0.15, -0.1) is 0 Å². The average molecular weight is 368 g/mol. The molecule has 0 radical (unpaired) electrons. The normalized spacial score (nSPS) is 10.4. The Morgan fingerprint density at radius 1 is 0.684 bits per heavy atom. The van der Waals surface area contributed by atoms with Gasteiger partial charge in [-0.3, -0.25) is 0 Å². The van der Waals surface area contributed by atoms with E-state index in [2.05, 4.69) is 25.7 Å². The molecule has 1 aromatic carbocycles. The fourth-order valence-corrected chi connectivity index (χ4v) is 2.39. The van der Waals surface area contributed by atoms with Crippen LogP contribution in [0.2, 0.25) is 25.1 Å². The zero-order valence-corrected chi connectivity index (χ0v) is 14.7. The largest absolute Gasteiger partial charge is 0.505 e. The molecule has 0 heterocycles. The summed E-state index contributed by atoms with van der Waals surface area (Å²) in [6.07, 6.45) is 0. The summed E-state index contributed by atoms with van der Waals surface area (Å²) in [5.74, 6) is -0.363. The van der Waals surface area contributed by atoms with E-state index in [1.165, 1.54) is 19.6 Å². The number of aromatic hydroxyl groups is 1. The van der Waals surface area contributed by atoms with Gasteiger partial charge in [-0.1, -0.05) is 78.8 Å². The first-order valence-electron chi connectivity index (χ1n) is 5.74. The van der Waals surface area contributed by atoms with Crippen LogP contribution in [-0.2, 0) is 0 Å². The van der Waals surface area contributed by atoms with Gasteiger partial charge in [0.05, 0.1) is 15.1 Å². The maximum atomic E-state index is 9.20. The smallest absolute Gasteiger partial charge is 0.155 e. The molecule has 0 unspecified atom stereocenters. The molecule has 0 bridgehead atoms. The van der Waals surface area contributed by atoms with E-state index in [9.17, 15) is 5.11 Å². The van der Waals surface area contributed by atoms with Crippen molar-refractivity contribution in [1.29, 1.82) is 0 Å². The van der Waals surface area contributed by atoms with E-state index in [4.69, 9.17) is 58.0 Å². The summed E-state index contributed by atoms with van der Waals surface area (Å²) in [5, 5.41) is 9.01. The Morgan fingerprint density at radius 3 is 1.16 bits per heavy atom. The first kappa shape index (κ1) is 19.4. The van der Waals surface area contributed by atoms with Gasteiger partial charge >= 0.3 is 0 Å². The summed E-state index contributed by atoms with van der Waals surface area (Å²) >= 11 is 27.9. The third kappa shape index (κ3) is 5.37. The van der Waals surface area contributed by atoms with Gasteiger partial charge in [0.1, 0.15) is 10.0 Å².